The third kappa shape index (κ3) is 8.55. The average molecular weight is 606 g/mol. The number of rotatable bonds is 15. The molecule has 1 saturated heterocycles. The Hall–Kier alpha value is -1.40. The van der Waals surface area contributed by atoms with Crippen molar-refractivity contribution < 1.29 is 61.4 Å². The normalized spacial score (nSPS) is 25.3. The highest BCUT2D eigenvalue weighted by atomic mass is 31.3. The van der Waals surface area contributed by atoms with Crippen LogP contribution in [0.5, 0.6) is 0 Å². The Morgan fingerprint density at radius 1 is 0.974 bits per heavy atom. The molecule has 1 fully saturated rings. The van der Waals surface area contributed by atoms with Crippen molar-refractivity contribution in [3.63, 3.8) is 0 Å². The van der Waals surface area contributed by atoms with Gasteiger partial charge in [0.1, 0.15) is 24.6 Å². The van der Waals surface area contributed by atoms with E-state index in [0.717, 1.165) is 25.7 Å². The van der Waals surface area contributed by atoms with Crippen LogP contribution in [0.2, 0.25) is 0 Å². The number of fused-ring (bicyclic) bond motifs is 1. The number of hydrogen-bond donors (Lipinski definition) is 8. The van der Waals surface area contributed by atoms with Crippen LogP contribution in [-0.2, 0) is 31.6 Å². The first-order chi connectivity index (χ1) is 17.7. The molecule has 0 amide bonds. The summed E-state index contributed by atoms with van der Waals surface area (Å²) >= 11 is 0. The predicted octanol–water partition coefficient (Wildman–Crippen LogP) is -0.280. The lowest BCUT2D eigenvalue weighted by atomic mass is 10.1. The SMILES string of the molecule is NCCCCCCNc1ncnc2c1ncn2C1OC(COP(=O)(O)OP(=O)(O)OP(=O)(O)O)C(O)C1O. The lowest BCUT2D eigenvalue weighted by Crippen LogP contribution is -2.33. The Bertz CT molecular complexity index is 1230. The summed E-state index contributed by atoms with van der Waals surface area (Å²) in [6, 6.07) is 0. The summed E-state index contributed by atoms with van der Waals surface area (Å²) in [5, 5.41) is 24.0. The minimum Gasteiger partial charge on any atom is -0.387 e. The second kappa shape index (κ2) is 12.8. The average Bonchev–Trinajstić information content (AvgIpc) is 3.34. The van der Waals surface area contributed by atoms with Crippen LogP contribution in [0.1, 0.15) is 31.9 Å². The molecule has 0 aromatic carbocycles. The van der Waals surface area contributed by atoms with Crippen LogP contribution in [0.15, 0.2) is 12.7 Å². The van der Waals surface area contributed by atoms with Gasteiger partial charge in [0.25, 0.3) is 0 Å². The van der Waals surface area contributed by atoms with E-state index in [9.17, 15) is 33.7 Å². The topological polar surface area (TPSA) is 291 Å². The molecule has 9 N–H and O–H groups in total. The van der Waals surface area contributed by atoms with Gasteiger partial charge >= 0.3 is 23.5 Å². The fraction of sp³-hybridized carbons (Fsp3) is 0.688. The van der Waals surface area contributed by atoms with E-state index in [-0.39, 0.29) is 5.65 Å². The van der Waals surface area contributed by atoms with Gasteiger partial charge in [-0.2, -0.15) is 8.62 Å². The molecule has 22 heteroatoms. The lowest BCUT2D eigenvalue weighted by molar-refractivity contribution is -0.0503. The maximum atomic E-state index is 11.9. The van der Waals surface area contributed by atoms with E-state index in [0.29, 0.717) is 24.4 Å². The quantitative estimate of drug-likeness (QED) is 0.0955. The van der Waals surface area contributed by atoms with Crippen molar-refractivity contribution >= 4 is 40.4 Å². The summed E-state index contributed by atoms with van der Waals surface area (Å²) in [6.45, 7) is 0.310. The Morgan fingerprint density at radius 2 is 1.68 bits per heavy atom. The third-order valence-corrected chi connectivity index (χ3v) is 9.01. The molecular formula is C16H29N6O13P3. The molecule has 3 heterocycles. The molecule has 6 atom stereocenters. The van der Waals surface area contributed by atoms with Gasteiger partial charge in [0.15, 0.2) is 23.2 Å². The van der Waals surface area contributed by atoms with Gasteiger partial charge in [0.2, 0.25) is 0 Å². The predicted molar refractivity (Wildman–Crippen MR) is 127 cm³/mol. The number of hydrogen-bond acceptors (Lipinski definition) is 14. The Balaban J connectivity index is 1.64. The number of aromatic nitrogens is 4. The van der Waals surface area contributed by atoms with E-state index < -0.39 is 54.6 Å². The van der Waals surface area contributed by atoms with Crippen molar-refractivity contribution in [3.05, 3.63) is 12.7 Å². The van der Waals surface area contributed by atoms with Gasteiger partial charge in [0, 0.05) is 6.54 Å². The molecule has 19 nitrogen and oxygen atoms in total. The minimum atomic E-state index is -5.72. The van der Waals surface area contributed by atoms with Crippen molar-refractivity contribution in [2.45, 2.75) is 50.2 Å². The van der Waals surface area contributed by atoms with Gasteiger partial charge in [-0.3, -0.25) is 9.09 Å². The molecule has 0 saturated carbocycles. The molecule has 2 aromatic heterocycles. The molecule has 38 heavy (non-hydrogen) atoms. The van der Waals surface area contributed by atoms with Gasteiger partial charge < -0.3 is 45.6 Å². The number of unbranched alkanes of at least 4 members (excludes halogenated alkanes) is 3. The van der Waals surface area contributed by atoms with Gasteiger partial charge in [-0.15, -0.1) is 0 Å². The molecule has 3 rings (SSSR count). The number of nitrogens with zero attached hydrogens (tertiary/aromatic N) is 4. The number of phosphoric acid groups is 3. The molecule has 6 unspecified atom stereocenters. The summed E-state index contributed by atoms with van der Waals surface area (Å²) in [5.41, 5.74) is 6.09. The number of phosphoric ester groups is 1. The summed E-state index contributed by atoms with van der Waals surface area (Å²) in [6.07, 6.45) is 0.379. The first-order valence-corrected chi connectivity index (χ1v) is 15.7. The number of imidazole rings is 1. The number of ether oxygens (including phenoxy) is 1. The lowest BCUT2D eigenvalue weighted by Gasteiger charge is -2.19. The second-order valence-corrected chi connectivity index (χ2v) is 12.5. The van der Waals surface area contributed by atoms with Crippen LogP contribution in [0.3, 0.4) is 0 Å². The zero-order chi connectivity index (χ0) is 28.1. The zero-order valence-electron chi connectivity index (χ0n) is 19.7. The van der Waals surface area contributed by atoms with Gasteiger partial charge in [-0.25, -0.2) is 28.6 Å². The number of aliphatic hydroxyl groups excluding tert-OH is 2. The molecule has 0 bridgehead atoms. The van der Waals surface area contributed by atoms with E-state index in [1.165, 1.54) is 17.2 Å². The summed E-state index contributed by atoms with van der Waals surface area (Å²) < 4.78 is 52.7. The summed E-state index contributed by atoms with van der Waals surface area (Å²) in [7, 11) is -16.7. The summed E-state index contributed by atoms with van der Waals surface area (Å²) in [5.74, 6) is 0.435. The Morgan fingerprint density at radius 3 is 2.37 bits per heavy atom. The van der Waals surface area contributed by atoms with Gasteiger partial charge in [-0.1, -0.05) is 12.8 Å². The van der Waals surface area contributed by atoms with E-state index in [1.807, 2.05) is 0 Å². The van der Waals surface area contributed by atoms with Crippen LogP contribution >= 0.6 is 23.5 Å². The highest BCUT2D eigenvalue weighted by Gasteiger charge is 2.47. The molecule has 1 aliphatic heterocycles. The van der Waals surface area contributed by atoms with Crippen molar-refractivity contribution in [2.24, 2.45) is 5.73 Å². The summed E-state index contributed by atoms with van der Waals surface area (Å²) in [4.78, 5) is 48.5. The standard InChI is InChI=1S/C16H29N6O13P3/c17-5-3-1-2-4-6-18-14-11-15(20-8-19-14)22(9-21-11)16-13(24)12(23)10(33-16)7-32-37(28,29)35-38(30,31)34-36(25,26)27/h8-10,12-13,16,23-24H,1-7,17H2,(H,28,29)(H,30,31)(H,18,19,20)(H2,25,26,27). The molecule has 0 aliphatic carbocycles. The van der Waals surface area contributed by atoms with Crippen LogP contribution in [0, 0.1) is 0 Å². The van der Waals surface area contributed by atoms with Crippen molar-refractivity contribution in [1.29, 1.82) is 0 Å². The molecule has 0 radical (unpaired) electrons. The minimum absolute atomic E-state index is 0.246. The van der Waals surface area contributed by atoms with Crippen molar-refractivity contribution in [1.82, 2.24) is 19.5 Å². The highest BCUT2D eigenvalue weighted by molar-refractivity contribution is 7.66. The number of aliphatic hydroxyl groups is 2. The molecule has 1 aliphatic rings. The first-order valence-electron chi connectivity index (χ1n) is 11.1. The Labute approximate surface area is 215 Å². The molecule has 0 spiro atoms. The van der Waals surface area contributed by atoms with Crippen molar-refractivity contribution in [2.75, 3.05) is 25.0 Å². The zero-order valence-corrected chi connectivity index (χ0v) is 22.3. The number of nitrogens with one attached hydrogen (secondary N) is 1. The van der Waals surface area contributed by atoms with Gasteiger partial charge in [0.05, 0.1) is 12.9 Å². The van der Waals surface area contributed by atoms with Crippen LogP contribution < -0.4 is 11.1 Å². The number of nitrogens with two attached hydrogens (primary N) is 1. The fourth-order valence-corrected chi connectivity index (χ4v) is 6.59. The Kier molecular flexibility index (Phi) is 10.5. The first kappa shape index (κ1) is 31.1. The third-order valence-electron chi connectivity index (χ3n) is 5.21. The van der Waals surface area contributed by atoms with E-state index in [4.69, 9.17) is 20.3 Å². The van der Waals surface area contributed by atoms with Crippen LogP contribution in [0.25, 0.3) is 11.2 Å². The fourth-order valence-electron chi connectivity index (χ4n) is 3.56. The smallest absolute Gasteiger partial charge is 0.387 e. The molecule has 2 aromatic rings. The maximum Gasteiger partial charge on any atom is 0.490 e. The van der Waals surface area contributed by atoms with E-state index in [2.05, 4.69) is 33.4 Å². The highest BCUT2D eigenvalue weighted by Crippen LogP contribution is 2.66. The van der Waals surface area contributed by atoms with E-state index >= 15 is 0 Å². The molecule has 216 valence electrons. The number of anilines is 1. The largest absolute Gasteiger partial charge is 0.490 e. The van der Waals surface area contributed by atoms with E-state index in [1.54, 1.807) is 0 Å². The molecular weight excluding hydrogens is 577 g/mol. The monoisotopic (exact) mass is 606 g/mol. The van der Waals surface area contributed by atoms with Crippen LogP contribution in [-0.4, -0.2) is 87.3 Å². The maximum absolute atomic E-state index is 11.9. The van der Waals surface area contributed by atoms with Gasteiger partial charge in [-0.05, 0) is 19.4 Å². The van der Waals surface area contributed by atoms with Crippen molar-refractivity contribution in [3.8, 4) is 0 Å². The van der Waals surface area contributed by atoms with Crippen LogP contribution in [0.4, 0.5) is 5.82 Å². The second-order valence-electron chi connectivity index (χ2n) is 8.11.